The number of hydrogen-bond acceptors (Lipinski definition) is 4. The van der Waals surface area contributed by atoms with E-state index in [0.29, 0.717) is 0 Å². The van der Waals surface area contributed by atoms with E-state index in [1.165, 1.54) is 16.5 Å². The number of anilines is 1. The highest BCUT2D eigenvalue weighted by Crippen LogP contribution is 2.36. The van der Waals surface area contributed by atoms with Crippen LogP contribution in [-0.4, -0.2) is 18.6 Å². The van der Waals surface area contributed by atoms with Crippen molar-refractivity contribution in [1.82, 2.24) is 0 Å². The monoisotopic (exact) mass is 318 g/mol. The molecule has 0 bridgehead atoms. The molecule has 4 nitrogen and oxygen atoms in total. The number of aliphatic imine (C=N–C) groups is 1. The summed E-state index contributed by atoms with van der Waals surface area (Å²) in [6.07, 6.45) is 1.53. The van der Waals surface area contributed by atoms with Gasteiger partial charge in [0.1, 0.15) is 5.75 Å². The van der Waals surface area contributed by atoms with E-state index < -0.39 is 6.23 Å². The number of benzene rings is 3. The summed E-state index contributed by atoms with van der Waals surface area (Å²) in [5.74, 6) is 0.850. The lowest BCUT2D eigenvalue weighted by Crippen LogP contribution is -2.11. The number of rotatable bonds is 3. The predicted octanol–water partition coefficient (Wildman–Crippen LogP) is 3.88. The molecule has 1 unspecified atom stereocenters. The summed E-state index contributed by atoms with van der Waals surface area (Å²) in [5.41, 5.74) is 4.13. The topological polar surface area (TPSA) is 53.8 Å². The van der Waals surface area contributed by atoms with Crippen LogP contribution in [0.1, 0.15) is 22.9 Å². The molecule has 0 radical (unpaired) electrons. The Kier molecular flexibility index (Phi) is 3.67. The Balaban J connectivity index is 1.83. The van der Waals surface area contributed by atoms with Crippen LogP contribution in [0.15, 0.2) is 59.6 Å². The Labute approximate surface area is 140 Å². The zero-order valence-corrected chi connectivity index (χ0v) is 13.4. The van der Waals surface area contributed by atoms with Gasteiger partial charge in [0, 0.05) is 10.9 Å². The molecule has 1 aliphatic rings. The van der Waals surface area contributed by atoms with Crippen LogP contribution in [0, 0.1) is 0 Å². The first-order valence-electron chi connectivity index (χ1n) is 7.90. The third kappa shape index (κ3) is 2.51. The van der Waals surface area contributed by atoms with Crippen LogP contribution < -0.4 is 10.1 Å². The van der Waals surface area contributed by atoms with E-state index in [9.17, 15) is 5.11 Å². The molecular formula is C20H18N2O2. The highest BCUT2D eigenvalue weighted by atomic mass is 16.5. The molecule has 4 rings (SSSR count). The average Bonchev–Trinajstić information content (AvgIpc) is 2.63. The van der Waals surface area contributed by atoms with Crippen molar-refractivity contribution in [2.24, 2.45) is 4.99 Å². The summed E-state index contributed by atoms with van der Waals surface area (Å²) < 4.78 is 5.22. The highest BCUT2D eigenvalue weighted by Gasteiger charge is 2.19. The van der Waals surface area contributed by atoms with Gasteiger partial charge < -0.3 is 15.2 Å². The molecule has 2 N–H and O–H groups in total. The number of aliphatic hydroxyl groups excluding tert-OH is 1. The van der Waals surface area contributed by atoms with E-state index >= 15 is 0 Å². The van der Waals surface area contributed by atoms with Gasteiger partial charge in [0.25, 0.3) is 0 Å². The maximum absolute atomic E-state index is 10.2. The standard InChI is InChI=1S/C20H18N2O2/c1-24-15-8-6-13(7-9-15)10-14-11-18-19(21-12-22-20(18)23)17-5-3-2-4-16(14)17/h2-9,11-12,20,23H,10H2,1H3,(H,21,22). The van der Waals surface area contributed by atoms with Crippen LogP contribution in [0.5, 0.6) is 5.75 Å². The molecule has 0 spiro atoms. The van der Waals surface area contributed by atoms with E-state index in [0.717, 1.165) is 28.8 Å². The normalized spacial score (nSPS) is 15.8. The van der Waals surface area contributed by atoms with Gasteiger partial charge in [-0.05, 0) is 41.1 Å². The van der Waals surface area contributed by atoms with Crippen LogP contribution >= 0.6 is 0 Å². The van der Waals surface area contributed by atoms with Crippen molar-refractivity contribution in [2.45, 2.75) is 12.6 Å². The summed E-state index contributed by atoms with van der Waals surface area (Å²) in [6.45, 7) is 0. The first kappa shape index (κ1) is 14.7. The van der Waals surface area contributed by atoms with Crippen LogP contribution in [-0.2, 0) is 6.42 Å². The molecule has 24 heavy (non-hydrogen) atoms. The summed E-state index contributed by atoms with van der Waals surface area (Å²) in [7, 11) is 1.67. The summed E-state index contributed by atoms with van der Waals surface area (Å²) in [6, 6.07) is 18.4. The maximum Gasteiger partial charge on any atom is 0.175 e. The van der Waals surface area contributed by atoms with Gasteiger partial charge in [0.15, 0.2) is 6.23 Å². The molecule has 4 heteroatoms. The minimum atomic E-state index is -0.819. The molecule has 0 saturated heterocycles. The zero-order chi connectivity index (χ0) is 16.5. The Morgan fingerprint density at radius 3 is 2.58 bits per heavy atom. The molecule has 120 valence electrons. The fourth-order valence-corrected chi connectivity index (χ4v) is 3.20. The molecule has 1 atom stereocenters. The Morgan fingerprint density at radius 1 is 1.08 bits per heavy atom. The van der Waals surface area contributed by atoms with Gasteiger partial charge in [-0.2, -0.15) is 0 Å². The average molecular weight is 318 g/mol. The van der Waals surface area contributed by atoms with E-state index in [4.69, 9.17) is 4.74 Å². The van der Waals surface area contributed by atoms with Crippen molar-refractivity contribution in [3.63, 3.8) is 0 Å². The van der Waals surface area contributed by atoms with Gasteiger partial charge in [-0.15, -0.1) is 0 Å². The summed E-state index contributed by atoms with van der Waals surface area (Å²) >= 11 is 0. The van der Waals surface area contributed by atoms with Gasteiger partial charge in [0.2, 0.25) is 0 Å². The number of ether oxygens (including phenoxy) is 1. The summed E-state index contributed by atoms with van der Waals surface area (Å²) in [5, 5.41) is 15.7. The van der Waals surface area contributed by atoms with E-state index in [-0.39, 0.29) is 0 Å². The van der Waals surface area contributed by atoms with Crippen molar-refractivity contribution in [2.75, 3.05) is 12.4 Å². The quantitative estimate of drug-likeness (QED) is 0.770. The smallest absolute Gasteiger partial charge is 0.175 e. The molecule has 0 aromatic heterocycles. The zero-order valence-electron chi connectivity index (χ0n) is 13.4. The Morgan fingerprint density at radius 2 is 1.83 bits per heavy atom. The number of aliphatic hydroxyl groups is 1. The van der Waals surface area contributed by atoms with Gasteiger partial charge in [-0.3, -0.25) is 0 Å². The maximum atomic E-state index is 10.2. The van der Waals surface area contributed by atoms with Crippen molar-refractivity contribution in [1.29, 1.82) is 0 Å². The number of nitrogens with zero attached hydrogens (tertiary/aromatic N) is 1. The number of methoxy groups -OCH3 is 1. The van der Waals surface area contributed by atoms with E-state index in [2.05, 4.69) is 40.6 Å². The minimum Gasteiger partial charge on any atom is -0.497 e. The van der Waals surface area contributed by atoms with Crippen LogP contribution in [0.3, 0.4) is 0 Å². The molecule has 0 aliphatic carbocycles. The first-order chi connectivity index (χ1) is 11.8. The number of hydrogen-bond donors (Lipinski definition) is 2. The number of nitrogens with one attached hydrogen (secondary N) is 1. The fraction of sp³-hybridized carbons (Fsp3) is 0.150. The van der Waals surface area contributed by atoms with Crippen molar-refractivity contribution in [3.8, 4) is 5.75 Å². The van der Waals surface area contributed by atoms with Gasteiger partial charge >= 0.3 is 0 Å². The second-order valence-electron chi connectivity index (χ2n) is 5.87. The third-order valence-electron chi connectivity index (χ3n) is 4.42. The molecule has 3 aromatic rings. The first-order valence-corrected chi connectivity index (χ1v) is 7.90. The second-order valence-corrected chi connectivity index (χ2v) is 5.87. The lowest BCUT2D eigenvalue weighted by atomic mass is 9.93. The fourth-order valence-electron chi connectivity index (χ4n) is 3.20. The van der Waals surface area contributed by atoms with Crippen LogP contribution in [0.4, 0.5) is 5.69 Å². The lowest BCUT2D eigenvalue weighted by molar-refractivity contribution is 0.189. The molecule has 3 aromatic carbocycles. The van der Waals surface area contributed by atoms with Crippen LogP contribution in [0.2, 0.25) is 0 Å². The Bertz CT molecular complexity index is 917. The molecule has 0 saturated carbocycles. The van der Waals surface area contributed by atoms with E-state index in [1.54, 1.807) is 13.4 Å². The van der Waals surface area contributed by atoms with Crippen LogP contribution in [0.25, 0.3) is 10.8 Å². The SMILES string of the molecule is COc1ccc(Cc2cc3c(c4ccccc24)NC=NC3O)cc1. The largest absolute Gasteiger partial charge is 0.497 e. The molecule has 0 amide bonds. The highest BCUT2D eigenvalue weighted by molar-refractivity contribution is 6.02. The number of fused-ring (bicyclic) bond motifs is 3. The predicted molar refractivity (Wildman–Crippen MR) is 96.8 cm³/mol. The van der Waals surface area contributed by atoms with Gasteiger partial charge in [0.05, 0.1) is 19.1 Å². The summed E-state index contributed by atoms with van der Waals surface area (Å²) in [4.78, 5) is 4.05. The lowest BCUT2D eigenvalue weighted by Gasteiger charge is -2.21. The van der Waals surface area contributed by atoms with E-state index in [1.807, 2.05) is 24.3 Å². The van der Waals surface area contributed by atoms with Gasteiger partial charge in [-0.25, -0.2) is 4.99 Å². The minimum absolute atomic E-state index is 0.786. The Hall–Kier alpha value is -2.85. The molecule has 1 aliphatic heterocycles. The van der Waals surface area contributed by atoms with Crippen molar-refractivity contribution < 1.29 is 9.84 Å². The molecule has 0 fully saturated rings. The second kappa shape index (κ2) is 5.98. The molecule has 1 heterocycles. The third-order valence-corrected chi connectivity index (χ3v) is 4.42. The molecular weight excluding hydrogens is 300 g/mol. The van der Waals surface area contributed by atoms with Gasteiger partial charge in [-0.1, -0.05) is 36.4 Å². The van der Waals surface area contributed by atoms with Crippen molar-refractivity contribution >= 4 is 22.8 Å². The van der Waals surface area contributed by atoms with Crippen molar-refractivity contribution in [3.05, 3.63) is 71.3 Å².